The predicted molar refractivity (Wildman–Crippen MR) is 133 cm³/mol. The molecule has 0 bridgehead atoms. The van der Waals surface area contributed by atoms with Crippen LogP contribution in [-0.4, -0.2) is 67.8 Å². The maximum Gasteiger partial charge on any atom is 0.253 e. The number of likely N-dealkylation sites (tertiary alicyclic amines) is 1. The van der Waals surface area contributed by atoms with Crippen molar-refractivity contribution in [3.05, 3.63) is 58.7 Å². The lowest BCUT2D eigenvalue weighted by molar-refractivity contribution is 0.0947. The smallest absolute Gasteiger partial charge is 0.253 e. The maximum atomic E-state index is 14.0. The van der Waals surface area contributed by atoms with E-state index < -0.39 is 15.8 Å². The molecule has 4 rings (SSSR count). The monoisotopic (exact) mass is 502 g/mol. The molecule has 3 heterocycles. The quantitative estimate of drug-likeness (QED) is 0.625. The normalized spacial score (nSPS) is 20.3. The Labute approximate surface area is 207 Å². The number of carbonyl (C=O) groups is 1. The van der Waals surface area contributed by atoms with Crippen LogP contribution in [0.3, 0.4) is 0 Å². The highest BCUT2D eigenvalue weighted by Crippen LogP contribution is 2.32. The van der Waals surface area contributed by atoms with Crippen molar-refractivity contribution in [2.75, 3.05) is 33.2 Å². The lowest BCUT2D eigenvalue weighted by Crippen LogP contribution is -2.38. The van der Waals surface area contributed by atoms with Gasteiger partial charge in [0, 0.05) is 37.3 Å². The van der Waals surface area contributed by atoms with Gasteiger partial charge >= 0.3 is 0 Å². The van der Waals surface area contributed by atoms with Crippen molar-refractivity contribution < 1.29 is 17.6 Å². The van der Waals surface area contributed by atoms with Gasteiger partial charge in [0.25, 0.3) is 5.91 Å². The van der Waals surface area contributed by atoms with Gasteiger partial charge in [0.1, 0.15) is 5.82 Å². The zero-order valence-electron chi connectivity index (χ0n) is 20.8. The topological polar surface area (TPSA) is 82.6 Å². The lowest BCUT2D eigenvalue weighted by Gasteiger charge is -2.31. The zero-order valence-corrected chi connectivity index (χ0v) is 21.6. The van der Waals surface area contributed by atoms with E-state index in [1.54, 1.807) is 6.92 Å². The van der Waals surface area contributed by atoms with Crippen LogP contribution in [0.2, 0.25) is 0 Å². The lowest BCUT2D eigenvalue weighted by atomic mass is 9.90. The van der Waals surface area contributed by atoms with E-state index in [2.05, 4.69) is 17.3 Å². The minimum Gasteiger partial charge on any atom is -0.352 e. The first kappa shape index (κ1) is 25.7. The third-order valence-electron chi connectivity index (χ3n) is 7.36. The third-order valence-corrected chi connectivity index (χ3v) is 9.26. The van der Waals surface area contributed by atoms with Crippen LogP contribution in [0, 0.1) is 19.7 Å². The number of amides is 1. The highest BCUT2D eigenvalue weighted by Gasteiger charge is 2.32. The number of hydrogen-bond acceptors (Lipinski definition) is 5. The summed E-state index contributed by atoms with van der Waals surface area (Å²) in [5.41, 5.74) is 2.54. The molecule has 2 aliphatic rings. The molecule has 1 aromatic heterocycles. The molecule has 2 saturated heterocycles. The number of rotatable bonds is 7. The predicted octanol–water partition coefficient (Wildman–Crippen LogP) is 3.62. The van der Waals surface area contributed by atoms with Crippen LogP contribution < -0.4 is 5.32 Å². The van der Waals surface area contributed by atoms with Crippen LogP contribution >= 0.6 is 0 Å². The Hall–Kier alpha value is -2.36. The first-order valence-electron chi connectivity index (χ1n) is 12.4. The summed E-state index contributed by atoms with van der Waals surface area (Å²) in [6.07, 6.45) is 4.40. The van der Waals surface area contributed by atoms with Gasteiger partial charge in [-0.2, -0.15) is 4.31 Å². The summed E-state index contributed by atoms with van der Waals surface area (Å²) in [5, 5.41) is 3.06. The van der Waals surface area contributed by atoms with Gasteiger partial charge in [-0.25, -0.2) is 12.8 Å². The van der Waals surface area contributed by atoms with E-state index >= 15 is 0 Å². The van der Waals surface area contributed by atoms with Gasteiger partial charge in [-0.3, -0.25) is 9.78 Å². The number of nitrogens with zero attached hydrogens (tertiary/aromatic N) is 3. The number of sulfonamides is 1. The van der Waals surface area contributed by atoms with Crippen LogP contribution in [0.1, 0.15) is 65.3 Å². The number of nitrogens with one attached hydrogen (secondary N) is 1. The van der Waals surface area contributed by atoms with Crippen molar-refractivity contribution in [1.29, 1.82) is 0 Å². The standard InChI is InChI=1S/C26H35FN4O3S/c1-18-6-8-22(17-24(18)27)35(33,34)31-15-11-20(12-16-31)25-23(9-7-19(2)29-25)26(32)28-13-10-21-5-4-14-30(21)3/h6-9,17,20-21H,4-5,10-16H2,1-3H3,(H,28,32). The third kappa shape index (κ3) is 5.73. The largest absolute Gasteiger partial charge is 0.352 e. The molecule has 2 fully saturated rings. The second-order valence-electron chi connectivity index (χ2n) is 9.80. The van der Waals surface area contributed by atoms with Crippen molar-refractivity contribution in [2.45, 2.75) is 62.8 Å². The second-order valence-corrected chi connectivity index (χ2v) is 11.7. The van der Waals surface area contributed by atoms with Crippen molar-refractivity contribution in [3.63, 3.8) is 0 Å². The molecule has 1 aromatic carbocycles. The van der Waals surface area contributed by atoms with Gasteiger partial charge in [0.05, 0.1) is 16.2 Å². The van der Waals surface area contributed by atoms with Gasteiger partial charge < -0.3 is 10.2 Å². The average Bonchev–Trinajstić information content (AvgIpc) is 3.25. The molecule has 7 nitrogen and oxygen atoms in total. The number of halogens is 1. The Bertz CT molecular complexity index is 1180. The van der Waals surface area contributed by atoms with Crippen molar-refractivity contribution in [3.8, 4) is 0 Å². The highest BCUT2D eigenvalue weighted by molar-refractivity contribution is 7.89. The van der Waals surface area contributed by atoms with Gasteiger partial charge in [-0.1, -0.05) is 6.07 Å². The van der Waals surface area contributed by atoms with Crippen LogP contribution in [0.25, 0.3) is 0 Å². The Balaban J connectivity index is 1.42. The number of benzene rings is 1. The number of carbonyl (C=O) groups excluding carboxylic acids is 1. The molecule has 0 spiro atoms. The number of pyridine rings is 1. The summed E-state index contributed by atoms with van der Waals surface area (Å²) in [4.78, 5) is 20.0. The van der Waals surface area contributed by atoms with Crippen molar-refractivity contribution >= 4 is 15.9 Å². The molecule has 9 heteroatoms. The molecule has 0 saturated carbocycles. The van der Waals surface area contributed by atoms with Gasteiger partial charge in [0.15, 0.2) is 0 Å². The van der Waals surface area contributed by atoms with Gasteiger partial charge in [0.2, 0.25) is 10.0 Å². The minimum absolute atomic E-state index is 0.0159. The van der Waals surface area contributed by atoms with E-state index in [1.165, 1.54) is 29.3 Å². The highest BCUT2D eigenvalue weighted by atomic mass is 32.2. The van der Waals surface area contributed by atoms with Crippen LogP contribution in [0.15, 0.2) is 35.2 Å². The van der Waals surface area contributed by atoms with Gasteiger partial charge in [-0.15, -0.1) is 0 Å². The molecule has 190 valence electrons. The van der Waals surface area contributed by atoms with E-state index in [-0.39, 0.29) is 16.7 Å². The molecular formula is C26H35FN4O3S. The van der Waals surface area contributed by atoms with Crippen LogP contribution in [-0.2, 0) is 10.0 Å². The SMILES string of the molecule is Cc1ccc(C(=O)NCCC2CCCN2C)c(C2CCN(S(=O)(=O)c3ccc(C)c(F)c3)CC2)n1. The molecule has 1 N–H and O–H groups in total. The summed E-state index contributed by atoms with van der Waals surface area (Å²) < 4.78 is 41.5. The minimum atomic E-state index is -3.78. The molecule has 1 atom stereocenters. The Morgan fingerprint density at radius 1 is 1.11 bits per heavy atom. The summed E-state index contributed by atoms with van der Waals surface area (Å²) in [6, 6.07) is 8.21. The number of aromatic nitrogens is 1. The first-order chi connectivity index (χ1) is 16.7. The number of hydrogen-bond donors (Lipinski definition) is 1. The Morgan fingerprint density at radius 2 is 1.86 bits per heavy atom. The van der Waals surface area contributed by atoms with Crippen LogP contribution in [0.4, 0.5) is 4.39 Å². The Kier molecular flexibility index (Phi) is 7.88. The second kappa shape index (κ2) is 10.7. The van der Waals surface area contributed by atoms with Crippen molar-refractivity contribution in [2.24, 2.45) is 0 Å². The average molecular weight is 503 g/mol. The van der Waals surface area contributed by atoms with Crippen LogP contribution in [0.5, 0.6) is 0 Å². The summed E-state index contributed by atoms with van der Waals surface area (Å²) in [7, 11) is -1.65. The summed E-state index contributed by atoms with van der Waals surface area (Å²) in [6.45, 7) is 5.82. The molecule has 2 aliphatic heterocycles. The number of aryl methyl sites for hydroxylation is 2. The van der Waals surface area contributed by atoms with E-state index in [4.69, 9.17) is 4.98 Å². The van der Waals surface area contributed by atoms with E-state index in [1.807, 2.05) is 19.1 Å². The van der Waals surface area contributed by atoms with E-state index in [0.29, 0.717) is 49.6 Å². The van der Waals surface area contributed by atoms with Crippen molar-refractivity contribution in [1.82, 2.24) is 19.5 Å². The molecule has 35 heavy (non-hydrogen) atoms. The fraction of sp³-hybridized carbons (Fsp3) is 0.538. The molecular weight excluding hydrogens is 467 g/mol. The Morgan fingerprint density at radius 3 is 2.51 bits per heavy atom. The molecule has 0 aliphatic carbocycles. The summed E-state index contributed by atoms with van der Waals surface area (Å²) in [5.74, 6) is -0.670. The fourth-order valence-corrected chi connectivity index (χ4v) is 6.61. The number of piperidine rings is 1. The van der Waals surface area contributed by atoms with Gasteiger partial charge in [-0.05, 0) is 89.4 Å². The molecule has 2 aromatic rings. The first-order valence-corrected chi connectivity index (χ1v) is 13.8. The van der Waals surface area contributed by atoms with E-state index in [0.717, 1.165) is 30.4 Å². The van der Waals surface area contributed by atoms with E-state index in [9.17, 15) is 17.6 Å². The molecule has 0 radical (unpaired) electrons. The zero-order chi connectivity index (χ0) is 25.2. The summed E-state index contributed by atoms with van der Waals surface area (Å²) >= 11 is 0. The molecule has 1 unspecified atom stereocenters. The molecule has 1 amide bonds. The maximum absolute atomic E-state index is 14.0. The fourth-order valence-electron chi connectivity index (χ4n) is 5.12.